The largest absolute Gasteiger partial charge is 0.433 e. The van der Waals surface area contributed by atoms with Crippen LogP contribution >= 0.6 is 0 Å². The standard InChI is InChI=1S/C44H50F3N9O5/c1-42(2,61)29-21-31-27(20-32(29)49-39(58)30-6-4-9-36(48-30)44(45,46)47)23-55(51-31)28-12-10-26(11-13-28)22-53-18-16-43(17-19-53)24-54(25-43)33-7-5-8-34-38(33)52(3)41(60)56(34)35-14-15-37(57)50-40(35)59/h4-9,20-21,23,26,28,35,61H,10-19,22,24-25H2,1-3H3,(H,49,58)(H,50,57,59). The number of hydrogen-bond donors (Lipinski definition) is 3. The summed E-state index contributed by atoms with van der Waals surface area (Å²) in [4.78, 5) is 59.5. The Bertz CT molecular complexity index is 2600. The van der Waals surface area contributed by atoms with Crippen LogP contribution in [-0.2, 0) is 28.4 Å². The van der Waals surface area contributed by atoms with Crippen molar-refractivity contribution in [1.82, 2.24) is 34.1 Å². The van der Waals surface area contributed by atoms with Crippen LogP contribution in [0, 0.1) is 11.3 Å². The number of pyridine rings is 1. The van der Waals surface area contributed by atoms with Crippen molar-refractivity contribution in [3.8, 4) is 0 Å². The predicted octanol–water partition coefficient (Wildman–Crippen LogP) is 5.89. The third-order valence-electron chi connectivity index (χ3n) is 13.5. The van der Waals surface area contributed by atoms with Gasteiger partial charge in [0.05, 0.1) is 33.9 Å². The number of carbonyl (C=O) groups excluding carboxylic acids is 3. The summed E-state index contributed by atoms with van der Waals surface area (Å²) in [6.45, 7) is 8.12. The normalized spacial score (nSPS) is 22.5. The van der Waals surface area contributed by atoms with E-state index >= 15 is 0 Å². The number of imidazole rings is 1. The van der Waals surface area contributed by atoms with Crippen LogP contribution in [0.1, 0.15) is 99.0 Å². The Balaban J connectivity index is 0.799. The molecular formula is C44H50F3N9O5. The number of halogens is 3. The molecule has 4 aliphatic rings. The number of benzene rings is 2. The lowest BCUT2D eigenvalue weighted by Gasteiger charge is -2.55. The first-order valence-corrected chi connectivity index (χ1v) is 21.1. The fraction of sp³-hybridized carbons (Fsp3) is 0.500. The number of piperidine rings is 2. The summed E-state index contributed by atoms with van der Waals surface area (Å²) in [7, 11) is 1.75. The highest BCUT2D eigenvalue weighted by Crippen LogP contribution is 2.45. The number of fused-ring (bicyclic) bond motifs is 2. The first-order chi connectivity index (χ1) is 29.0. The first-order valence-electron chi connectivity index (χ1n) is 21.1. The molecule has 0 radical (unpaired) electrons. The van der Waals surface area contributed by atoms with Crippen molar-refractivity contribution in [3.63, 3.8) is 0 Å². The smallest absolute Gasteiger partial charge is 0.386 e. The second-order valence-corrected chi connectivity index (χ2v) is 18.1. The van der Waals surface area contributed by atoms with E-state index in [0.29, 0.717) is 28.9 Å². The van der Waals surface area contributed by atoms with Crippen molar-refractivity contribution in [1.29, 1.82) is 0 Å². The molecule has 61 heavy (non-hydrogen) atoms. The number of nitrogens with zero attached hydrogens (tertiary/aromatic N) is 7. The molecule has 4 fully saturated rings. The number of nitrogens with one attached hydrogen (secondary N) is 2. The van der Waals surface area contributed by atoms with Crippen LogP contribution in [0.5, 0.6) is 0 Å². The summed E-state index contributed by atoms with van der Waals surface area (Å²) in [5.74, 6) is -0.984. The fourth-order valence-corrected chi connectivity index (χ4v) is 10.1. The molecule has 1 unspecified atom stereocenters. The number of carbonyl (C=O) groups is 3. The molecule has 1 spiro atoms. The predicted molar refractivity (Wildman–Crippen MR) is 222 cm³/mol. The van der Waals surface area contributed by atoms with E-state index in [2.05, 4.69) is 31.5 Å². The number of para-hydroxylation sites is 1. The van der Waals surface area contributed by atoms with Crippen molar-refractivity contribution in [2.24, 2.45) is 18.4 Å². The van der Waals surface area contributed by atoms with E-state index in [1.165, 1.54) is 6.07 Å². The van der Waals surface area contributed by atoms with E-state index in [9.17, 15) is 37.5 Å². The molecule has 3 aliphatic heterocycles. The van der Waals surface area contributed by atoms with Gasteiger partial charge < -0.3 is 20.2 Å². The summed E-state index contributed by atoms with van der Waals surface area (Å²) in [5, 5.41) is 21.7. The molecule has 3 aromatic heterocycles. The number of likely N-dealkylation sites (tertiary alicyclic amines) is 1. The van der Waals surface area contributed by atoms with Crippen LogP contribution in [0.25, 0.3) is 21.9 Å². The molecule has 17 heteroatoms. The van der Waals surface area contributed by atoms with Gasteiger partial charge >= 0.3 is 11.9 Å². The Kier molecular flexibility index (Phi) is 10.1. The minimum atomic E-state index is -4.69. The van der Waals surface area contributed by atoms with Gasteiger partial charge in [0.2, 0.25) is 11.8 Å². The summed E-state index contributed by atoms with van der Waals surface area (Å²) in [6, 6.07) is 11.9. The molecule has 3 saturated heterocycles. The topological polar surface area (TPSA) is 160 Å². The molecule has 322 valence electrons. The molecule has 14 nitrogen and oxygen atoms in total. The lowest BCUT2D eigenvalue weighted by molar-refractivity contribution is -0.141. The Morgan fingerprint density at radius 3 is 2.39 bits per heavy atom. The quantitative estimate of drug-likeness (QED) is 0.162. The molecule has 1 saturated carbocycles. The Hall–Kier alpha value is -5.55. The van der Waals surface area contributed by atoms with Gasteiger partial charge in [0.1, 0.15) is 17.4 Å². The highest BCUT2D eigenvalue weighted by atomic mass is 19.4. The Labute approximate surface area is 349 Å². The third-order valence-corrected chi connectivity index (χ3v) is 13.5. The van der Waals surface area contributed by atoms with E-state index < -0.39 is 35.3 Å². The summed E-state index contributed by atoms with van der Waals surface area (Å²) in [6.07, 6.45) is 4.03. The van der Waals surface area contributed by atoms with Crippen molar-refractivity contribution < 1.29 is 32.7 Å². The average Bonchev–Trinajstić information content (AvgIpc) is 3.74. The molecule has 3 N–H and O–H groups in total. The van der Waals surface area contributed by atoms with Crippen molar-refractivity contribution in [2.75, 3.05) is 42.9 Å². The third kappa shape index (κ3) is 7.70. The van der Waals surface area contributed by atoms with E-state index in [1.807, 2.05) is 23.0 Å². The summed E-state index contributed by atoms with van der Waals surface area (Å²) in [5.41, 5.74) is 0.868. The van der Waals surface area contributed by atoms with Crippen molar-refractivity contribution >= 4 is 51.0 Å². The molecular weight excluding hydrogens is 792 g/mol. The van der Waals surface area contributed by atoms with Gasteiger partial charge in [-0.1, -0.05) is 12.1 Å². The lowest BCUT2D eigenvalue weighted by Crippen LogP contribution is -2.60. The molecule has 1 atom stereocenters. The maximum Gasteiger partial charge on any atom is 0.433 e. The number of aliphatic hydroxyl groups is 1. The molecule has 1 aliphatic carbocycles. The Morgan fingerprint density at radius 1 is 0.984 bits per heavy atom. The van der Waals surface area contributed by atoms with Gasteiger partial charge in [0.15, 0.2) is 0 Å². The van der Waals surface area contributed by atoms with Gasteiger partial charge in [-0.2, -0.15) is 18.3 Å². The zero-order valence-corrected chi connectivity index (χ0v) is 34.5. The zero-order valence-electron chi connectivity index (χ0n) is 34.5. The second kappa shape index (κ2) is 15.1. The molecule has 3 amide bonds. The van der Waals surface area contributed by atoms with Crippen LogP contribution in [-0.4, -0.2) is 84.4 Å². The van der Waals surface area contributed by atoms with E-state index in [1.54, 1.807) is 42.2 Å². The number of aryl methyl sites for hydroxylation is 1. The minimum absolute atomic E-state index is 0.192. The number of imide groups is 1. The maximum absolute atomic E-state index is 13.5. The summed E-state index contributed by atoms with van der Waals surface area (Å²) >= 11 is 0. The summed E-state index contributed by atoms with van der Waals surface area (Å²) < 4.78 is 45.0. The zero-order chi connectivity index (χ0) is 43.0. The SMILES string of the molecule is Cn1c(=O)n(C2CCC(=O)NC2=O)c2cccc(N3CC4(CCN(CC5CCC(n6cc7cc(NC(=O)c8cccc(C(F)(F)F)n8)c(C(C)(C)O)cc7n6)CC5)CC4)C3)c21. The minimum Gasteiger partial charge on any atom is -0.386 e. The first kappa shape index (κ1) is 40.8. The number of anilines is 2. The number of amides is 3. The number of hydrogen-bond acceptors (Lipinski definition) is 9. The molecule has 0 bridgehead atoms. The highest BCUT2D eigenvalue weighted by molar-refractivity contribution is 6.04. The Morgan fingerprint density at radius 2 is 1.70 bits per heavy atom. The van der Waals surface area contributed by atoms with Gasteiger partial charge in [0.25, 0.3) is 5.91 Å². The highest BCUT2D eigenvalue weighted by Gasteiger charge is 2.46. The van der Waals surface area contributed by atoms with Crippen LogP contribution < -0.4 is 21.2 Å². The van der Waals surface area contributed by atoms with Crippen LogP contribution in [0.4, 0.5) is 24.5 Å². The molecule has 2 aromatic carbocycles. The molecule has 6 heterocycles. The van der Waals surface area contributed by atoms with Gasteiger partial charge in [-0.05, 0) is 114 Å². The van der Waals surface area contributed by atoms with Crippen LogP contribution in [0.2, 0.25) is 0 Å². The van der Waals surface area contributed by atoms with Gasteiger partial charge in [-0.15, -0.1) is 0 Å². The van der Waals surface area contributed by atoms with Crippen LogP contribution in [0.3, 0.4) is 0 Å². The van der Waals surface area contributed by atoms with Gasteiger partial charge in [-0.25, -0.2) is 9.78 Å². The fourth-order valence-electron chi connectivity index (χ4n) is 10.1. The molecule has 5 aromatic rings. The van der Waals surface area contributed by atoms with E-state index in [-0.39, 0.29) is 40.9 Å². The van der Waals surface area contributed by atoms with E-state index in [0.717, 1.165) is 100.0 Å². The van der Waals surface area contributed by atoms with Crippen LogP contribution in [0.15, 0.2) is 59.5 Å². The number of alkyl halides is 3. The average molecular weight is 842 g/mol. The van der Waals surface area contributed by atoms with Crippen molar-refractivity contribution in [3.05, 3.63) is 82.2 Å². The molecule has 9 rings (SSSR count). The number of aromatic nitrogens is 5. The van der Waals surface area contributed by atoms with Gasteiger partial charge in [-0.3, -0.25) is 33.5 Å². The number of rotatable bonds is 8. The lowest BCUT2D eigenvalue weighted by atomic mass is 9.71. The maximum atomic E-state index is 13.5. The van der Waals surface area contributed by atoms with E-state index in [4.69, 9.17) is 5.10 Å². The van der Waals surface area contributed by atoms with Crippen molar-refractivity contribution in [2.45, 2.75) is 89.1 Å². The monoisotopic (exact) mass is 841 g/mol. The second-order valence-electron chi connectivity index (χ2n) is 18.1. The van der Waals surface area contributed by atoms with Gasteiger partial charge in [0, 0.05) is 61.4 Å².